The second-order valence-corrected chi connectivity index (χ2v) is 7.57. The Balaban J connectivity index is 1.56. The van der Waals surface area contributed by atoms with E-state index in [1.54, 1.807) is 12.1 Å². The molecule has 0 aliphatic carbocycles. The lowest BCUT2D eigenvalue weighted by atomic mass is 10.1. The van der Waals surface area contributed by atoms with Crippen LogP contribution in [0.5, 0.6) is 0 Å². The largest absolute Gasteiger partial charge is 0.421 e. The summed E-state index contributed by atoms with van der Waals surface area (Å²) in [5.41, 5.74) is 2.70. The predicted octanol–water partition coefficient (Wildman–Crippen LogP) is 2.71. The number of benzene rings is 2. The number of hydrogen-bond donors (Lipinski definition) is 1. The Kier molecular flexibility index (Phi) is 5.25. The SMILES string of the molecule is Cc1cccc(-c2nnc(CCNS(=O)(=O)Cc3ccccc3)o2)c1. The minimum absolute atomic E-state index is 0.0494. The normalized spacial score (nSPS) is 11.6. The summed E-state index contributed by atoms with van der Waals surface area (Å²) in [4.78, 5) is 0. The van der Waals surface area contributed by atoms with Crippen molar-refractivity contribution in [3.8, 4) is 11.5 Å². The van der Waals surface area contributed by atoms with Crippen LogP contribution in [0.3, 0.4) is 0 Å². The summed E-state index contributed by atoms with van der Waals surface area (Å²) >= 11 is 0. The average Bonchev–Trinajstić information content (AvgIpc) is 3.04. The van der Waals surface area contributed by atoms with Crippen LogP contribution in [0.4, 0.5) is 0 Å². The Morgan fingerprint density at radius 3 is 2.60 bits per heavy atom. The van der Waals surface area contributed by atoms with Crippen LogP contribution in [-0.2, 0) is 22.2 Å². The van der Waals surface area contributed by atoms with Gasteiger partial charge in [0, 0.05) is 18.5 Å². The Hall–Kier alpha value is -2.51. The van der Waals surface area contributed by atoms with Crippen molar-refractivity contribution < 1.29 is 12.8 Å². The van der Waals surface area contributed by atoms with E-state index in [9.17, 15) is 8.42 Å². The maximum atomic E-state index is 12.1. The average molecular weight is 357 g/mol. The van der Waals surface area contributed by atoms with Gasteiger partial charge in [-0.2, -0.15) is 0 Å². The highest BCUT2D eigenvalue weighted by Crippen LogP contribution is 2.18. The number of aromatic nitrogens is 2. The molecule has 0 saturated carbocycles. The molecule has 0 spiro atoms. The molecule has 0 aliphatic rings. The van der Waals surface area contributed by atoms with Crippen molar-refractivity contribution >= 4 is 10.0 Å². The van der Waals surface area contributed by atoms with Crippen LogP contribution in [0.1, 0.15) is 17.0 Å². The molecule has 0 atom stereocenters. The summed E-state index contributed by atoms with van der Waals surface area (Å²) in [6, 6.07) is 16.8. The van der Waals surface area contributed by atoms with Gasteiger partial charge >= 0.3 is 0 Å². The first-order valence-corrected chi connectivity index (χ1v) is 9.58. The minimum atomic E-state index is -3.40. The van der Waals surface area contributed by atoms with Gasteiger partial charge in [-0.25, -0.2) is 13.1 Å². The van der Waals surface area contributed by atoms with E-state index in [1.807, 2.05) is 49.4 Å². The van der Waals surface area contributed by atoms with Gasteiger partial charge in [-0.3, -0.25) is 0 Å². The van der Waals surface area contributed by atoms with Crippen LogP contribution in [0.2, 0.25) is 0 Å². The second kappa shape index (κ2) is 7.58. The van der Waals surface area contributed by atoms with Gasteiger partial charge in [0.15, 0.2) is 0 Å². The first-order valence-electron chi connectivity index (χ1n) is 7.92. The Morgan fingerprint density at radius 2 is 1.84 bits per heavy atom. The number of hydrogen-bond acceptors (Lipinski definition) is 5. The first kappa shape index (κ1) is 17.3. The molecule has 3 rings (SSSR count). The fourth-order valence-electron chi connectivity index (χ4n) is 2.41. The zero-order chi connectivity index (χ0) is 17.7. The number of sulfonamides is 1. The topological polar surface area (TPSA) is 85.1 Å². The van der Waals surface area contributed by atoms with E-state index in [2.05, 4.69) is 14.9 Å². The predicted molar refractivity (Wildman–Crippen MR) is 95.2 cm³/mol. The van der Waals surface area contributed by atoms with E-state index in [0.717, 1.165) is 16.7 Å². The third-order valence-corrected chi connectivity index (χ3v) is 4.95. The molecule has 6 nitrogen and oxygen atoms in total. The number of nitrogens with one attached hydrogen (secondary N) is 1. The van der Waals surface area contributed by atoms with Crippen molar-refractivity contribution in [2.75, 3.05) is 6.54 Å². The van der Waals surface area contributed by atoms with E-state index in [4.69, 9.17) is 4.42 Å². The van der Waals surface area contributed by atoms with E-state index in [1.165, 1.54) is 0 Å². The van der Waals surface area contributed by atoms with Crippen molar-refractivity contribution in [2.45, 2.75) is 19.1 Å². The third kappa shape index (κ3) is 4.98. The Bertz CT molecular complexity index is 937. The Morgan fingerprint density at radius 1 is 1.04 bits per heavy atom. The Labute approximate surface area is 147 Å². The number of rotatable bonds is 7. The zero-order valence-electron chi connectivity index (χ0n) is 13.8. The van der Waals surface area contributed by atoms with Gasteiger partial charge in [0.1, 0.15) is 0 Å². The van der Waals surface area contributed by atoms with Crippen molar-refractivity contribution in [3.63, 3.8) is 0 Å². The van der Waals surface area contributed by atoms with E-state index < -0.39 is 10.0 Å². The third-order valence-electron chi connectivity index (χ3n) is 3.59. The van der Waals surface area contributed by atoms with Crippen LogP contribution >= 0.6 is 0 Å². The molecule has 25 heavy (non-hydrogen) atoms. The van der Waals surface area contributed by atoms with Crippen molar-refractivity contribution in [1.82, 2.24) is 14.9 Å². The molecule has 1 aromatic heterocycles. The van der Waals surface area contributed by atoms with Crippen LogP contribution in [0.25, 0.3) is 11.5 Å². The maximum Gasteiger partial charge on any atom is 0.247 e. The van der Waals surface area contributed by atoms with Gasteiger partial charge in [-0.15, -0.1) is 10.2 Å². The molecule has 1 heterocycles. The number of nitrogens with zero attached hydrogens (tertiary/aromatic N) is 2. The lowest BCUT2D eigenvalue weighted by molar-refractivity contribution is 0.502. The molecule has 2 aromatic carbocycles. The van der Waals surface area contributed by atoms with Crippen molar-refractivity contribution in [2.24, 2.45) is 0 Å². The molecular formula is C18H19N3O3S. The fourth-order valence-corrected chi connectivity index (χ4v) is 3.55. The summed E-state index contributed by atoms with van der Waals surface area (Å²) in [6.07, 6.45) is 0.340. The van der Waals surface area contributed by atoms with Crippen LogP contribution in [-0.4, -0.2) is 25.2 Å². The van der Waals surface area contributed by atoms with Gasteiger partial charge in [-0.1, -0.05) is 48.0 Å². The molecule has 0 amide bonds. The summed E-state index contributed by atoms with van der Waals surface area (Å²) in [7, 11) is -3.40. The van der Waals surface area contributed by atoms with Gasteiger partial charge in [0.2, 0.25) is 21.8 Å². The molecule has 3 aromatic rings. The molecule has 0 bridgehead atoms. The van der Waals surface area contributed by atoms with Gasteiger partial charge in [-0.05, 0) is 24.6 Å². The molecule has 0 saturated heterocycles. The summed E-state index contributed by atoms with van der Waals surface area (Å²) in [6.45, 7) is 2.20. The molecule has 0 radical (unpaired) electrons. The van der Waals surface area contributed by atoms with E-state index >= 15 is 0 Å². The summed E-state index contributed by atoms with van der Waals surface area (Å²) < 4.78 is 32.3. The highest BCUT2D eigenvalue weighted by Gasteiger charge is 2.13. The van der Waals surface area contributed by atoms with Crippen molar-refractivity contribution in [3.05, 3.63) is 71.6 Å². The maximum absolute atomic E-state index is 12.1. The standard InChI is InChI=1S/C18H19N3O3S/c1-14-6-5-9-16(12-14)18-21-20-17(24-18)10-11-19-25(22,23)13-15-7-3-2-4-8-15/h2-9,12,19H,10-11,13H2,1H3. The molecule has 0 aliphatic heterocycles. The van der Waals surface area contributed by atoms with E-state index in [0.29, 0.717) is 18.2 Å². The molecule has 7 heteroatoms. The summed E-state index contributed by atoms with van der Waals surface area (Å²) in [5, 5.41) is 7.99. The lowest BCUT2D eigenvalue weighted by Gasteiger charge is -2.05. The molecule has 130 valence electrons. The first-order chi connectivity index (χ1) is 12.0. The molecular weight excluding hydrogens is 338 g/mol. The lowest BCUT2D eigenvalue weighted by Crippen LogP contribution is -2.27. The second-order valence-electron chi connectivity index (χ2n) is 5.76. The van der Waals surface area contributed by atoms with Crippen LogP contribution in [0.15, 0.2) is 59.0 Å². The van der Waals surface area contributed by atoms with Gasteiger partial charge < -0.3 is 4.42 Å². The van der Waals surface area contributed by atoms with E-state index in [-0.39, 0.29) is 12.3 Å². The molecule has 0 fully saturated rings. The molecule has 1 N–H and O–H groups in total. The molecule has 0 unspecified atom stereocenters. The van der Waals surface area contributed by atoms with Gasteiger partial charge in [0.25, 0.3) is 0 Å². The smallest absolute Gasteiger partial charge is 0.247 e. The fraction of sp³-hybridized carbons (Fsp3) is 0.222. The minimum Gasteiger partial charge on any atom is -0.421 e. The monoisotopic (exact) mass is 357 g/mol. The van der Waals surface area contributed by atoms with Crippen LogP contribution in [0, 0.1) is 6.92 Å². The zero-order valence-corrected chi connectivity index (χ0v) is 14.7. The van der Waals surface area contributed by atoms with Gasteiger partial charge in [0.05, 0.1) is 5.75 Å². The summed E-state index contributed by atoms with van der Waals surface area (Å²) in [5.74, 6) is 0.788. The quantitative estimate of drug-likeness (QED) is 0.703. The van der Waals surface area contributed by atoms with Crippen LogP contribution < -0.4 is 4.72 Å². The highest BCUT2D eigenvalue weighted by molar-refractivity contribution is 7.88. The number of aryl methyl sites for hydroxylation is 1. The van der Waals surface area contributed by atoms with Crippen molar-refractivity contribution in [1.29, 1.82) is 0 Å². The highest BCUT2D eigenvalue weighted by atomic mass is 32.2.